The zero-order chi connectivity index (χ0) is 22.9. The van der Waals surface area contributed by atoms with Gasteiger partial charge < -0.3 is 29.7 Å². The molecule has 1 saturated heterocycles. The monoisotopic (exact) mass is 440 g/mol. The fourth-order valence-electron chi connectivity index (χ4n) is 3.74. The number of rotatable bonds is 9. The van der Waals surface area contributed by atoms with Gasteiger partial charge in [0.2, 0.25) is 0 Å². The van der Waals surface area contributed by atoms with Gasteiger partial charge >= 0.3 is 0 Å². The van der Waals surface area contributed by atoms with Crippen LogP contribution in [0.25, 0.3) is 0 Å². The Morgan fingerprint density at radius 2 is 2.06 bits per heavy atom. The molecule has 1 heterocycles. The van der Waals surface area contributed by atoms with Gasteiger partial charge in [0.15, 0.2) is 5.96 Å². The Balaban J connectivity index is 1.62. The second-order valence-electron chi connectivity index (χ2n) is 8.28. The molecule has 174 valence electrons. The number of hydrogen-bond acceptors (Lipinski definition) is 5. The Morgan fingerprint density at radius 1 is 1.22 bits per heavy atom. The van der Waals surface area contributed by atoms with Crippen LogP contribution in [0, 0.1) is 6.92 Å². The quantitative estimate of drug-likeness (QED) is 0.461. The summed E-state index contributed by atoms with van der Waals surface area (Å²) in [5.41, 5.74) is 3.46. The zero-order valence-corrected chi connectivity index (χ0v) is 19.9. The first kappa shape index (κ1) is 23.9. The Hall–Kier alpha value is -2.77. The van der Waals surface area contributed by atoms with Crippen LogP contribution >= 0.6 is 0 Å². The highest BCUT2D eigenvalue weighted by molar-refractivity contribution is 5.79. The minimum Gasteiger partial charge on any atom is -0.497 e. The molecule has 2 unspecified atom stereocenters. The van der Waals surface area contributed by atoms with Crippen molar-refractivity contribution in [1.82, 2.24) is 15.5 Å². The van der Waals surface area contributed by atoms with E-state index in [1.54, 1.807) is 14.2 Å². The lowest BCUT2D eigenvalue weighted by Crippen LogP contribution is -2.41. The normalized spacial score (nSPS) is 17.3. The van der Waals surface area contributed by atoms with Crippen molar-refractivity contribution >= 4 is 5.96 Å². The molecule has 0 saturated carbocycles. The summed E-state index contributed by atoms with van der Waals surface area (Å²) in [5, 5.41) is 6.88. The number of hydrogen-bond donors (Lipinski definition) is 2. The van der Waals surface area contributed by atoms with Crippen molar-refractivity contribution in [3.63, 3.8) is 0 Å². The topological polar surface area (TPSA) is 67.4 Å². The van der Waals surface area contributed by atoms with Crippen molar-refractivity contribution < 1.29 is 14.2 Å². The van der Waals surface area contributed by atoms with E-state index in [0.29, 0.717) is 19.7 Å². The fraction of sp³-hybridized carbons (Fsp3) is 0.480. The summed E-state index contributed by atoms with van der Waals surface area (Å²) in [6.07, 6.45) is 1.05. The van der Waals surface area contributed by atoms with Gasteiger partial charge in [0.1, 0.15) is 17.6 Å². The summed E-state index contributed by atoms with van der Waals surface area (Å²) in [7, 11) is 7.62. The van der Waals surface area contributed by atoms with Gasteiger partial charge in [0, 0.05) is 32.1 Å². The van der Waals surface area contributed by atoms with E-state index in [0.717, 1.165) is 36.0 Å². The second-order valence-corrected chi connectivity index (χ2v) is 8.28. The molecule has 0 aromatic heterocycles. The van der Waals surface area contributed by atoms with Crippen LogP contribution in [0.15, 0.2) is 47.5 Å². The van der Waals surface area contributed by atoms with E-state index in [4.69, 9.17) is 14.2 Å². The first-order chi connectivity index (χ1) is 15.5. The number of aliphatic imine (C=N–C) groups is 1. The smallest absolute Gasteiger partial charge is 0.191 e. The maximum Gasteiger partial charge on any atom is 0.191 e. The van der Waals surface area contributed by atoms with Gasteiger partial charge in [-0.15, -0.1) is 0 Å². The molecule has 0 spiro atoms. The third-order valence-corrected chi connectivity index (χ3v) is 5.64. The summed E-state index contributed by atoms with van der Waals surface area (Å²) in [6, 6.07) is 14.7. The van der Waals surface area contributed by atoms with Gasteiger partial charge in [-0.25, -0.2) is 0 Å². The lowest BCUT2D eigenvalue weighted by molar-refractivity contribution is 0.140. The van der Waals surface area contributed by atoms with Crippen LogP contribution < -0.4 is 20.1 Å². The number of nitrogens with one attached hydrogen (secondary N) is 2. The van der Waals surface area contributed by atoms with Crippen molar-refractivity contribution in [2.24, 2.45) is 4.99 Å². The molecule has 0 radical (unpaired) electrons. The molecule has 2 aromatic rings. The van der Waals surface area contributed by atoms with Gasteiger partial charge in [-0.2, -0.15) is 0 Å². The van der Waals surface area contributed by atoms with E-state index in [1.807, 2.05) is 12.1 Å². The van der Waals surface area contributed by atoms with Crippen molar-refractivity contribution in [3.8, 4) is 11.5 Å². The molecule has 7 heteroatoms. The maximum absolute atomic E-state index is 6.22. The lowest BCUT2D eigenvalue weighted by Gasteiger charge is -2.26. The molecule has 7 nitrogen and oxygen atoms in total. The standard InChI is InChI=1S/C25H36N4O3/c1-18-9-10-20(24(13-18)32-22-11-12-31-17-22)15-27-25(26-2)28-16-23(29(3)4)19-7-6-8-21(14-19)30-5/h6-10,13-14,22-23H,11-12,15-17H2,1-5H3,(H2,26,27,28). The number of methoxy groups -OCH3 is 1. The molecule has 0 aliphatic carbocycles. The van der Waals surface area contributed by atoms with Gasteiger partial charge in [0.25, 0.3) is 0 Å². The number of guanidine groups is 1. The largest absolute Gasteiger partial charge is 0.497 e. The average Bonchev–Trinajstić information content (AvgIpc) is 3.30. The van der Waals surface area contributed by atoms with Crippen LogP contribution in [-0.2, 0) is 11.3 Å². The van der Waals surface area contributed by atoms with Crippen molar-refractivity contribution in [2.45, 2.75) is 32.0 Å². The SMILES string of the molecule is CN=C(NCc1ccc(C)cc1OC1CCOC1)NCC(c1cccc(OC)c1)N(C)C. The Morgan fingerprint density at radius 3 is 2.75 bits per heavy atom. The molecular formula is C25H36N4O3. The maximum atomic E-state index is 6.22. The first-order valence-corrected chi connectivity index (χ1v) is 11.1. The van der Waals surface area contributed by atoms with E-state index >= 15 is 0 Å². The van der Waals surface area contributed by atoms with E-state index in [1.165, 1.54) is 11.1 Å². The molecular weight excluding hydrogens is 404 g/mol. The fourth-order valence-corrected chi connectivity index (χ4v) is 3.74. The summed E-state index contributed by atoms with van der Waals surface area (Å²) in [4.78, 5) is 6.59. The molecule has 0 bridgehead atoms. The van der Waals surface area contributed by atoms with E-state index in [2.05, 4.69) is 71.9 Å². The lowest BCUT2D eigenvalue weighted by atomic mass is 10.1. The predicted octanol–water partition coefficient (Wildman–Crippen LogP) is 3.14. The first-order valence-electron chi connectivity index (χ1n) is 11.1. The van der Waals surface area contributed by atoms with E-state index < -0.39 is 0 Å². The molecule has 1 aliphatic heterocycles. The number of benzene rings is 2. The zero-order valence-electron chi connectivity index (χ0n) is 19.9. The molecule has 1 aliphatic rings. The third kappa shape index (κ3) is 6.61. The highest BCUT2D eigenvalue weighted by Gasteiger charge is 2.19. The number of likely N-dealkylation sites (N-methyl/N-ethyl adjacent to an activating group) is 1. The van der Waals surface area contributed by atoms with Crippen LogP contribution in [0.2, 0.25) is 0 Å². The minimum atomic E-state index is 0.122. The van der Waals surface area contributed by atoms with Crippen LogP contribution in [0.5, 0.6) is 11.5 Å². The number of ether oxygens (including phenoxy) is 3. The molecule has 2 N–H and O–H groups in total. The van der Waals surface area contributed by atoms with E-state index in [9.17, 15) is 0 Å². The van der Waals surface area contributed by atoms with Gasteiger partial charge in [-0.3, -0.25) is 4.99 Å². The number of aryl methyl sites for hydroxylation is 1. The molecule has 32 heavy (non-hydrogen) atoms. The summed E-state index contributed by atoms with van der Waals surface area (Å²) in [6.45, 7) is 4.82. The Kier molecular flexibility index (Phi) is 8.76. The molecule has 1 fully saturated rings. The van der Waals surface area contributed by atoms with Crippen LogP contribution in [-0.4, -0.2) is 65.0 Å². The van der Waals surface area contributed by atoms with Gasteiger partial charge in [-0.1, -0.05) is 24.3 Å². The second kappa shape index (κ2) is 11.7. The Bertz CT molecular complexity index is 895. The third-order valence-electron chi connectivity index (χ3n) is 5.64. The predicted molar refractivity (Wildman–Crippen MR) is 129 cm³/mol. The van der Waals surface area contributed by atoms with Crippen molar-refractivity contribution in [2.75, 3.05) is 48.0 Å². The number of nitrogens with zero attached hydrogens (tertiary/aromatic N) is 2. The molecule has 2 atom stereocenters. The summed E-state index contributed by atoms with van der Waals surface area (Å²) < 4.78 is 17.1. The van der Waals surface area contributed by atoms with Crippen molar-refractivity contribution in [3.05, 3.63) is 59.2 Å². The molecule has 2 aromatic carbocycles. The van der Waals surface area contributed by atoms with E-state index in [-0.39, 0.29) is 12.1 Å². The summed E-state index contributed by atoms with van der Waals surface area (Å²) >= 11 is 0. The highest BCUT2D eigenvalue weighted by atomic mass is 16.5. The Labute approximate surface area is 191 Å². The molecule has 3 rings (SSSR count). The highest BCUT2D eigenvalue weighted by Crippen LogP contribution is 2.24. The van der Waals surface area contributed by atoms with Gasteiger partial charge in [0.05, 0.1) is 26.4 Å². The summed E-state index contributed by atoms with van der Waals surface area (Å²) in [5.74, 6) is 2.51. The van der Waals surface area contributed by atoms with Crippen LogP contribution in [0.1, 0.15) is 29.2 Å². The van der Waals surface area contributed by atoms with Crippen LogP contribution in [0.3, 0.4) is 0 Å². The van der Waals surface area contributed by atoms with Crippen molar-refractivity contribution in [1.29, 1.82) is 0 Å². The van der Waals surface area contributed by atoms with Gasteiger partial charge in [-0.05, 0) is 50.3 Å². The van der Waals surface area contributed by atoms with Crippen LogP contribution in [0.4, 0.5) is 0 Å². The molecule has 0 amide bonds. The average molecular weight is 441 g/mol. The minimum absolute atomic E-state index is 0.122.